The van der Waals surface area contributed by atoms with Crippen LogP contribution in [-0.4, -0.2) is 31.4 Å². The smallest absolute Gasteiger partial charge is 0.303 e. The molecule has 0 bridgehead atoms. The van der Waals surface area contributed by atoms with Crippen molar-refractivity contribution >= 4 is 21.7 Å². The number of rotatable bonds is 7. The average Bonchev–Trinajstić information content (AvgIpc) is 2.46. The summed E-state index contributed by atoms with van der Waals surface area (Å²) in [5.74, 6) is -1.73. The van der Waals surface area contributed by atoms with Gasteiger partial charge in [-0.25, -0.2) is 8.42 Å². The molecule has 0 heterocycles. The van der Waals surface area contributed by atoms with Gasteiger partial charge in [0.2, 0.25) is 15.7 Å². The molecule has 1 rings (SSSR count). The van der Waals surface area contributed by atoms with Crippen LogP contribution in [0.25, 0.3) is 0 Å². The van der Waals surface area contributed by atoms with Crippen molar-refractivity contribution in [1.29, 1.82) is 0 Å². The van der Waals surface area contributed by atoms with Gasteiger partial charge in [0.15, 0.2) is 0 Å². The van der Waals surface area contributed by atoms with Gasteiger partial charge in [0, 0.05) is 6.42 Å². The highest BCUT2D eigenvalue weighted by molar-refractivity contribution is 7.95. The van der Waals surface area contributed by atoms with E-state index in [1.165, 1.54) is 25.1 Å². The molecule has 1 aromatic carbocycles. The Hall–Kier alpha value is -2.19. The van der Waals surface area contributed by atoms with Gasteiger partial charge >= 0.3 is 5.97 Å². The van der Waals surface area contributed by atoms with Crippen molar-refractivity contribution in [3.05, 3.63) is 41.4 Å². The maximum absolute atomic E-state index is 12.5. The van der Waals surface area contributed by atoms with Crippen LogP contribution in [0.1, 0.15) is 19.8 Å². The number of carbonyl (C=O) groups excluding carboxylic acids is 1. The van der Waals surface area contributed by atoms with Crippen molar-refractivity contribution in [2.24, 2.45) is 5.73 Å². The molecule has 0 aliphatic carbocycles. The topological polar surface area (TPSA) is 127 Å². The zero-order chi connectivity index (χ0) is 16.8. The molecule has 0 unspecified atom stereocenters. The molecule has 0 aliphatic heterocycles. The molecule has 1 amide bonds. The highest BCUT2D eigenvalue weighted by Gasteiger charge is 2.23. The third kappa shape index (κ3) is 4.97. The fourth-order valence-corrected chi connectivity index (χ4v) is 2.86. The number of aliphatic carboxylic acids is 1. The van der Waals surface area contributed by atoms with Crippen molar-refractivity contribution < 1.29 is 23.1 Å². The lowest BCUT2D eigenvalue weighted by atomic mass is 10.3. The largest absolute Gasteiger partial charge is 0.481 e. The highest BCUT2D eigenvalue weighted by Crippen LogP contribution is 2.18. The number of carboxylic acids is 1. The Labute approximate surface area is 128 Å². The predicted octanol–water partition coefficient (Wildman–Crippen LogP) is 0.630. The van der Waals surface area contributed by atoms with E-state index in [-0.39, 0.29) is 22.8 Å². The Morgan fingerprint density at radius 2 is 1.91 bits per heavy atom. The molecular weight excluding hydrogens is 308 g/mol. The molecule has 1 aromatic rings. The first-order chi connectivity index (χ1) is 10.2. The van der Waals surface area contributed by atoms with E-state index in [9.17, 15) is 18.0 Å². The second-order valence-corrected chi connectivity index (χ2v) is 6.51. The first kappa shape index (κ1) is 17.9. The Kier molecular flexibility index (Phi) is 6.26. The Morgan fingerprint density at radius 1 is 1.32 bits per heavy atom. The molecular formula is C14H18N2O5S. The molecule has 7 nitrogen and oxygen atoms in total. The number of sulfone groups is 1. The van der Waals surface area contributed by atoms with E-state index in [1.54, 1.807) is 18.2 Å². The minimum absolute atomic E-state index is 0.00143. The minimum Gasteiger partial charge on any atom is -0.481 e. The molecule has 22 heavy (non-hydrogen) atoms. The van der Waals surface area contributed by atoms with Crippen molar-refractivity contribution in [2.45, 2.75) is 30.7 Å². The predicted molar refractivity (Wildman–Crippen MR) is 80.4 cm³/mol. The van der Waals surface area contributed by atoms with Gasteiger partial charge < -0.3 is 16.2 Å². The molecule has 0 saturated heterocycles. The summed E-state index contributed by atoms with van der Waals surface area (Å²) in [7, 11) is -3.95. The van der Waals surface area contributed by atoms with Gasteiger partial charge in [-0.3, -0.25) is 9.59 Å². The normalized spacial score (nSPS) is 13.5. The van der Waals surface area contributed by atoms with Crippen molar-refractivity contribution in [3.63, 3.8) is 0 Å². The van der Waals surface area contributed by atoms with E-state index in [2.05, 4.69) is 5.32 Å². The second kappa shape index (κ2) is 7.71. The van der Waals surface area contributed by atoms with Crippen molar-refractivity contribution in [3.8, 4) is 0 Å². The third-order valence-corrected chi connectivity index (χ3v) is 4.43. The third-order valence-electron chi connectivity index (χ3n) is 2.69. The van der Waals surface area contributed by atoms with Crippen LogP contribution in [0.3, 0.4) is 0 Å². The van der Waals surface area contributed by atoms with Crippen LogP contribution in [0.15, 0.2) is 46.3 Å². The molecule has 1 atom stereocenters. The fourth-order valence-electron chi connectivity index (χ4n) is 1.52. The number of nitrogens with two attached hydrogens (primary N) is 1. The molecule has 0 aromatic heterocycles. The lowest BCUT2D eigenvalue weighted by molar-refractivity contribution is -0.136. The van der Waals surface area contributed by atoms with Gasteiger partial charge in [-0.1, -0.05) is 18.2 Å². The maximum Gasteiger partial charge on any atom is 0.303 e. The summed E-state index contributed by atoms with van der Waals surface area (Å²) in [6.45, 7) is 1.42. The zero-order valence-electron chi connectivity index (χ0n) is 12.0. The van der Waals surface area contributed by atoms with Crippen LogP contribution in [0.5, 0.6) is 0 Å². The van der Waals surface area contributed by atoms with Crippen LogP contribution >= 0.6 is 0 Å². The molecule has 0 fully saturated rings. The van der Waals surface area contributed by atoms with Gasteiger partial charge in [-0.05, 0) is 31.6 Å². The fraction of sp³-hybridized carbons (Fsp3) is 0.286. The number of nitrogens with one attached hydrogen (secondary N) is 1. The summed E-state index contributed by atoms with van der Waals surface area (Å²) in [6, 6.07) is 6.64. The highest BCUT2D eigenvalue weighted by atomic mass is 32.2. The summed E-state index contributed by atoms with van der Waals surface area (Å²) in [6.07, 6.45) is 0.897. The van der Waals surface area contributed by atoms with E-state index < -0.39 is 27.8 Å². The van der Waals surface area contributed by atoms with Gasteiger partial charge in [0.05, 0.1) is 10.9 Å². The summed E-state index contributed by atoms with van der Waals surface area (Å²) < 4.78 is 25.0. The molecule has 0 radical (unpaired) electrons. The molecule has 0 spiro atoms. The molecule has 4 N–H and O–H groups in total. The summed E-state index contributed by atoms with van der Waals surface area (Å²) >= 11 is 0. The van der Waals surface area contributed by atoms with Gasteiger partial charge in [0.25, 0.3) is 0 Å². The summed E-state index contributed by atoms with van der Waals surface area (Å²) in [4.78, 5) is 22.2. The summed E-state index contributed by atoms with van der Waals surface area (Å²) in [5.41, 5.74) is 5.41. The van der Waals surface area contributed by atoms with Crippen LogP contribution in [0.2, 0.25) is 0 Å². The Bertz CT molecular complexity index is 666. The summed E-state index contributed by atoms with van der Waals surface area (Å²) in [5, 5.41) is 10.5. The number of carbonyl (C=O) groups is 2. The molecule has 8 heteroatoms. The monoisotopic (exact) mass is 326 g/mol. The van der Waals surface area contributed by atoms with E-state index in [0.717, 1.165) is 0 Å². The number of hydrogen-bond acceptors (Lipinski definition) is 5. The van der Waals surface area contributed by atoms with Crippen LogP contribution in [-0.2, 0) is 19.4 Å². The van der Waals surface area contributed by atoms with Crippen LogP contribution in [0, 0.1) is 0 Å². The standard InChI is InChI=1S/C14H18N2O5S/c1-10(15)14(19)16-12(8-5-9-13(17)18)22(20,21)11-6-3-2-4-7-11/h2-4,6-8,10H,5,9,15H2,1H3,(H,16,19)(H,17,18)/t10-/m0/s1. The van der Waals surface area contributed by atoms with Crippen molar-refractivity contribution in [1.82, 2.24) is 5.32 Å². The minimum atomic E-state index is -3.95. The maximum atomic E-state index is 12.5. The number of carboxylic acid groups (broad SMARTS) is 1. The number of benzene rings is 1. The van der Waals surface area contributed by atoms with Crippen LogP contribution < -0.4 is 11.1 Å². The molecule has 120 valence electrons. The van der Waals surface area contributed by atoms with E-state index in [0.29, 0.717) is 0 Å². The first-order valence-electron chi connectivity index (χ1n) is 6.53. The Morgan fingerprint density at radius 3 is 2.41 bits per heavy atom. The van der Waals surface area contributed by atoms with E-state index >= 15 is 0 Å². The molecule has 0 aliphatic rings. The van der Waals surface area contributed by atoms with E-state index in [1.807, 2.05) is 0 Å². The molecule has 0 saturated carbocycles. The van der Waals surface area contributed by atoms with E-state index in [4.69, 9.17) is 10.8 Å². The number of amides is 1. The average molecular weight is 326 g/mol. The lowest BCUT2D eigenvalue weighted by Crippen LogP contribution is -2.39. The quantitative estimate of drug-likeness (QED) is 0.674. The lowest BCUT2D eigenvalue weighted by Gasteiger charge is -2.13. The first-order valence-corrected chi connectivity index (χ1v) is 8.02. The second-order valence-electron chi connectivity index (χ2n) is 4.60. The van der Waals surface area contributed by atoms with Crippen LogP contribution in [0.4, 0.5) is 0 Å². The SMILES string of the molecule is C[C@H](N)C(=O)NC(=CCCC(=O)O)S(=O)(=O)c1ccccc1. The van der Waals surface area contributed by atoms with Gasteiger partial charge in [-0.15, -0.1) is 0 Å². The number of allylic oxidation sites excluding steroid dienone is 1. The van der Waals surface area contributed by atoms with Gasteiger partial charge in [-0.2, -0.15) is 0 Å². The Balaban J connectivity index is 3.13. The van der Waals surface area contributed by atoms with Crippen molar-refractivity contribution in [2.75, 3.05) is 0 Å². The zero-order valence-corrected chi connectivity index (χ0v) is 12.8. The number of hydrogen-bond donors (Lipinski definition) is 3. The van der Waals surface area contributed by atoms with Gasteiger partial charge in [0.1, 0.15) is 5.03 Å².